The monoisotopic (exact) mass is 755 g/mol. The molecule has 0 bridgehead atoms. The molecule has 0 aliphatic carbocycles. The van der Waals surface area contributed by atoms with Gasteiger partial charge in [0.15, 0.2) is 11.9 Å². The number of rotatable bonds is 16. The summed E-state index contributed by atoms with van der Waals surface area (Å²) in [5, 5.41) is 13.4. The summed E-state index contributed by atoms with van der Waals surface area (Å²) in [6.45, 7) is 0.530. The molecule has 9 nitrogen and oxygen atoms in total. The Morgan fingerprint density at radius 2 is 1.57 bits per heavy atom. The van der Waals surface area contributed by atoms with Crippen LogP contribution in [0.4, 0.5) is 22.0 Å². The molecule has 3 rings (SSSR count). The molecule has 0 unspecified atom stereocenters. The van der Waals surface area contributed by atoms with E-state index in [1.54, 1.807) is 24.3 Å². The quantitative estimate of drug-likeness (QED) is 0.121. The number of nitriles is 1. The van der Waals surface area contributed by atoms with Gasteiger partial charge in [-0.1, -0.05) is 61.3 Å². The predicted octanol–water partition coefficient (Wildman–Crippen LogP) is 6.84. The number of amides is 2. The van der Waals surface area contributed by atoms with E-state index in [-0.39, 0.29) is 28.3 Å². The number of hydrogen-bond donors (Lipinski definition) is 2. The second-order valence-corrected chi connectivity index (χ2v) is 12.6. The number of carbonyl (C=O) groups excluding carboxylic acids is 4. The Bertz CT molecular complexity index is 1780. The molecular formula is C35H32Cl2F5N3O6. The molecule has 0 aliphatic rings. The fourth-order valence-electron chi connectivity index (χ4n) is 4.91. The third-order valence-corrected chi connectivity index (χ3v) is 8.00. The van der Waals surface area contributed by atoms with Crippen LogP contribution in [0.25, 0.3) is 0 Å². The molecule has 0 fully saturated rings. The number of hydrogen-bond acceptors (Lipinski definition) is 7. The summed E-state index contributed by atoms with van der Waals surface area (Å²) in [7, 11) is 1.38. The molecule has 0 aliphatic heterocycles. The van der Waals surface area contributed by atoms with Crippen LogP contribution in [0.5, 0.6) is 11.5 Å². The first-order valence-electron chi connectivity index (χ1n) is 15.2. The van der Waals surface area contributed by atoms with E-state index in [1.165, 1.54) is 63.4 Å². The van der Waals surface area contributed by atoms with Crippen LogP contribution in [0.2, 0.25) is 10.0 Å². The fourth-order valence-corrected chi connectivity index (χ4v) is 5.35. The number of ketones is 2. The number of ether oxygens (including phenoxy) is 2. The van der Waals surface area contributed by atoms with Crippen molar-refractivity contribution >= 4 is 46.6 Å². The Morgan fingerprint density at radius 3 is 2.14 bits per heavy atom. The fraction of sp³-hybridized carbons (Fsp3) is 0.343. The molecule has 2 amide bonds. The van der Waals surface area contributed by atoms with Crippen LogP contribution in [0.3, 0.4) is 0 Å². The molecule has 0 heterocycles. The number of alkyl halides is 5. The first kappa shape index (κ1) is 40.7. The molecule has 0 aromatic heterocycles. The van der Waals surface area contributed by atoms with Gasteiger partial charge in [0.2, 0.25) is 5.78 Å². The van der Waals surface area contributed by atoms with Gasteiger partial charge in [0.25, 0.3) is 11.8 Å². The van der Waals surface area contributed by atoms with Crippen molar-refractivity contribution in [3.05, 3.63) is 93.5 Å². The van der Waals surface area contributed by atoms with Crippen molar-refractivity contribution in [2.24, 2.45) is 11.8 Å². The van der Waals surface area contributed by atoms with Gasteiger partial charge in [-0.3, -0.25) is 19.2 Å². The van der Waals surface area contributed by atoms with Crippen molar-refractivity contribution in [3.63, 3.8) is 0 Å². The van der Waals surface area contributed by atoms with Crippen LogP contribution in [0.15, 0.2) is 66.7 Å². The van der Waals surface area contributed by atoms with Crippen molar-refractivity contribution in [2.45, 2.75) is 50.9 Å². The molecular weight excluding hydrogens is 724 g/mol. The van der Waals surface area contributed by atoms with Gasteiger partial charge in [0.05, 0.1) is 18.7 Å². The maximum atomic E-state index is 14.9. The van der Waals surface area contributed by atoms with Crippen LogP contribution in [-0.2, 0) is 25.6 Å². The smallest absolute Gasteiger partial charge is 0.405 e. The zero-order valence-electron chi connectivity index (χ0n) is 27.3. The topological polar surface area (TPSA) is 135 Å². The highest BCUT2D eigenvalue weighted by Crippen LogP contribution is 2.31. The Hall–Kier alpha value is -4.74. The lowest BCUT2D eigenvalue weighted by atomic mass is 9.82. The summed E-state index contributed by atoms with van der Waals surface area (Å²) >= 11 is 12.3. The van der Waals surface area contributed by atoms with Gasteiger partial charge in [0, 0.05) is 28.8 Å². The van der Waals surface area contributed by atoms with Crippen LogP contribution in [-0.4, -0.2) is 55.2 Å². The second-order valence-electron chi connectivity index (χ2n) is 11.7. The molecule has 2 N–H and O–H groups in total. The number of benzene rings is 3. The average Bonchev–Trinajstić information content (AvgIpc) is 3.06. The van der Waals surface area contributed by atoms with E-state index in [0.29, 0.717) is 16.3 Å². The van der Waals surface area contributed by atoms with Crippen LogP contribution in [0, 0.1) is 23.2 Å². The number of nitrogens with one attached hydrogen (secondary N) is 2. The second kappa shape index (κ2) is 17.5. The van der Waals surface area contributed by atoms with Crippen molar-refractivity contribution in [1.29, 1.82) is 5.26 Å². The normalized spacial score (nSPS) is 13.4. The lowest BCUT2D eigenvalue weighted by Gasteiger charge is -2.27. The van der Waals surface area contributed by atoms with Crippen LogP contribution >= 0.6 is 23.2 Å². The molecule has 3 aromatic rings. The van der Waals surface area contributed by atoms with E-state index in [4.69, 9.17) is 32.7 Å². The highest BCUT2D eigenvalue weighted by atomic mass is 35.5. The van der Waals surface area contributed by atoms with Gasteiger partial charge in [-0.05, 0) is 59.5 Å². The number of Topliss-reactive ketones (excluding diaryl/α,β-unsaturated/α-hetero) is 2. The highest BCUT2D eigenvalue weighted by Gasteiger charge is 2.52. The molecule has 3 atom stereocenters. The molecule has 0 spiro atoms. The highest BCUT2D eigenvalue weighted by molar-refractivity contribution is 6.31. The van der Waals surface area contributed by atoms with Gasteiger partial charge >= 0.3 is 12.1 Å². The predicted molar refractivity (Wildman–Crippen MR) is 177 cm³/mol. The van der Waals surface area contributed by atoms with Crippen molar-refractivity contribution < 1.29 is 50.6 Å². The van der Waals surface area contributed by atoms with Gasteiger partial charge in [-0.15, -0.1) is 0 Å². The standard InChI is InChI=1S/C35H32Cl2F5N3O6/c1-19(2)27(31(47)35(41,42)33(49)44-18-34(38,39)40)16-28(46)30(22-7-9-25(50-3)10-8-22)45-32(48)29(14-20-5-4-6-23(36)11-20)51-26-13-21(17-43)12-24(37)15-26/h4-13,15,19,27,29-30H,14,16,18H2,1-3H3,(H,44,49)(H,45,48)/t27-,29+,30-/m0/s1. The Morgan fingerprint density at radius 1 is 0.902 bits per heavy atom. The first-order chi connectivity index (χ1) is 23.8. The third kappa shape index (κ3) is 11.7. The number of nitrogens with zero attached hydrogens (tertiary/aromatic N) is 1. The number of halogens is 7. The Balaban J connectivity index is 1.99. The lowest BCUT2D eigenvalue weighted by Crippen LogP contribution is -2.51. The van der Waals surface area contributed by atoms with Gasteiger partial charge in [0.1, 0.15) is 24.1 Å². The van der Waals surface area contributed by atoms with E-state index >= 15 is 0 Å². The molecule has 0 saturated carbocycles. The summed E-state index contributed by atoms with van der Waals surface area (Å²) in [6, 6.07) is 16.6. The maximum Gasteiger partial charge on any atom is 0.405 e. The average molecular weight is 757 g/mol. The van der Waals surface area contributed by atoms with E-state index in [9.17, 15) is 46.4 Å². The van der Waals surface area contributed by atoms with E-state index in [1.807, 2.05) is 6.07 Å². The van der Waals surface area contributed by atoms with Crippen molar-refractivity contribution in [3.8, 4) is 17.6 Å². The summed E-state index contributed by atoms with van der Waals surface area (Å²) in [5.74, 6) is -13.7. The van der Waals surface area contributed by atoms with E-state index in [2.05, 4.69) is 5.32 Å². The minimum atomic E-state index is -5.02. The third-order valence-electron chi connectivity index (χ3n) is 7.55. The van der Waals surface area contributed by atoms with Crippen molar-refractivity contribution in [2.75, 3.05) is 13.7 Å². The zero-order chi connectivity index (χ0) is 38.1. The molecule has 3 aromatic carbocycles. The zero-order valence-corrected chi connectivity index (χ0v) is 28.8. The minimum absolute atomic E-state index is 0.0325. The van der Waals surface area contributed by atoms with Crippen LogP contribution < -0.4 is 20.1 Å². The van der Waals surface area contributed by atoms with E-state index in [0.717, 1.165) is 5.32 Å². The van der Waals surface area contributed by atoms with Crippen molar-refractivity contribution in [1.82, 2.24) is 10.6 Å². The largest absolute Gasteiger partial charge is 0.497 e. The number of methoxy groups -OCH3 is 1. The van der Waals surface area contributed by atoms with Gasteiger partial charge in [-0.2, -0.15) is 27.2 Å². The summed E-state index contributed by atoms with van der Waals surface area (Å²) in [5.41, 5.74) is 0.808. The molecule has 0 radical (unpaired) electrons. The summed E-state index contributed by atoms with van der Waals surface area (Å²) in [4.78, 5) is 52.9. The SMILES string of the molecule is COc1ccc([C@H](NC(=O)[C@@H](Cc2cccc(Cl)c2)Oc2cc(Cl)cc(C#N)c2)C(=O)C[C@H](C(=O)C(F)(F)C(=O)NCC(F)(F)F)C(C)C)cc1. The van der Waals surface area contributed by atoms with Crippen LogP contribution in [0.1, 0.15) is 43.0 Å². The minimum Gasteiger partial charge on any atom is -0.497 e. The lowest BCUT2D eigenvalue weighted by molar-refractivity contribution is -0.167. The summed E-state index contributed by atoms with van der Waals surface area (Å²) < 4.78 is 78.7. The maximum absolute atomic E-state index is 14.9. The molecule has 51 heavy (non-hydrogen) atoms. The Kier molecular flexibility index (Phi) is 13.9. The molecule has 16 heteroatoms. The summed E-state index contributed by atoms with van der Waals surface area (Å²) in [6.07, 6.45) is -7.47. The van der Waals surface area contributed by atoms with E-state index < -0.39 is 72.4 Å². The number of carbonyl (C=O) groups is 4. The molecule has 0 saturated heterocycles. The molecule has 272 valence electrons. The first-order valence-corrected chi connectivity index (χ1v) is 16.0. The Labute approximate surface area is 300 Å². The van der Waals surface area contributed by atoms with Gasteiger partial charge < -0.3 is 20.1 Å². The van der Waals surface area contributed by atoms with Gasteiger partial charge in [-0.25, -0.2) is 0 Å².